The predicted octanol–water partition coefficient (Wildman–Crippen LogP) is 5.64. The van der Waals surface area contributed by atoms with E-state index < -0.39 is 0 Å². The Bertz CT molecular complexity index is 1050. The standard InChI is InChI=1S/C12H7Cl2NO.C8H8Cl2N2O2/c13-10-6-9(7-15-12(10)14)11(16)8-4-2-1-3-5-8;1-12(14-2)8(13)5-3-6(9)7(10)11-4-5/h1-7H;3-4H,1-2H3. The zero-order chi connectivity index (χ0) is 22.3. The van der Waals surface area contributed by atoms with Gasteiger partial charge in [-0.2, -0.15) is 0 Å². The third kappa shape index (κ3) is 6.39. The second-order valence-corrected chi connectivity index (χ2v) is 7.20. The van der Waals surface area contributed by atoms with Crippen molar-refractivity contribution in [3.63, 3.8) is 0 Å². The lowest BCUT2D eigenvalue weighted by atomic mass is 10.1. The molecule has 0 aliphatic carbocycles. The number of halogens is 4. The van der Waals surface area contributed by atoms with Gasteiger partial charge in [-0.15, -0.1) is 0 Å². The van der Waals surface area contributed by atoms with E-state index in [0.717, 1.165) is 5.06 Å². The smallest absolute Gasteiger partial charge is 0.278 e. The number of hydrogen-bond acceptors (Lipinski definition) is 5. The second kappa shape index (κ2) is 11.2. The van der Waals surface area contributed by atoms with Crippen molar-refractivity contribution in [3.05, 3.63) is 91.9 Å². The summed E-state index contributed by atoms with van der Waals surface area (Å²) < 4.78 is 0. The quantitative estimate of drug-likeness (QED) is 0.271. The summed E-state index contributed by atoms with van der Waals surface area (Å²) in [5.74, 6) is -0.453. The van der Waals surface area contributed by atoms with Crippen LogP contribution in [0, 0.1) is 0 Å². The molecular formula is C20H15Cl4N3O3. The zero-order valence-electron chi connectivity index (χ0n) is 15.8. The van der Waals surface area contributed by atoms with Gasteiger partial charge in [-0.1, -0.05) is 76.7 Å². The van der Waals surface area contributed by atoms with E-state index >= 15 is 0 Å². The van der Waals surface area contributed by atoms with Gasteiger partial charge in [-0.05, 0) is 12.1 Å². The van der Waals surface area contributed by atoms with E-state index in [1.165, 1.54) is 38.7 Å². The Kier molecular flexibility index (Phi) is 9.02. The Morgan fingerprint density at radius 2 is 1.33 bits per heavy atom. The SMILES string of the molecule is CON(C)C(=O)c1cnc(Cl)c(Cl)c1.O=C(c1ccccc1)c1cnc(Cl)c(Cl)c1. The number of rotatable bonds is 4. The fourth-order valence-corrected chi connectivity index (χ4v) is 2.64. The van der Waals surface area contributed by atoms with Crippen LogP contribution in [-0.2, 0) is 4.84 Å². The van der Waals surface area contributed by atoms with Crippen molar-refractivity contribution in [2.75, 3.05) is 14.2 Å². The van der Waals surface area contributed by atoms with Crippen LogP contribution in [0.3, 0.4) is 0 Å². The van der Waals surface area contributed by atoms with Gasteiger partial charge in [-0.3, -0.25) is 14.4 Å². The first-order valence-electron chi connectivity index (χ1n) is 8.28. The highest BCUT2D eigenvalue weighted by molar-refractivity contribution is 6.41. The number of carbonyl (C=O) groups excluding carboxylic acids is 2. The van der Waals surface area contributed by atoms with E-state index in [9.17, 15) is 9.59 Å². The van der Waals surface area contributed by atoms with Crippen molar-refractivity contribution in [2.45, 2.75) is 0 Å². The Labute approximate surface area is 193 Å². The van der Waals surface area contributed by atoms with Gasteiger partial charge in [0.25, 0.3) is 5.91 Å². The zero-order valence-corrected chi connectivity index (χ0v) is 18.8. The fraction of sp³-hybridized carbons (Fsp3) is 0.100. The average Bonchev–Trinajstić information content (AvgIpc) is 2.77. The Morgan fingerprint density at radius 3 is 1.83 bits per heavy atom. The van der Waals surface area contributed by atoms with Gasteiger partial charge < -0.3 is 0 Å². The maximum atomic E-state index is 12.0. The summed E-state index contributed by atoms with van der Waals surface area (Å²) in [7, 11) is 2.88. The lowest BCUT2D eigenvalue weighted by Crippen LogP contribution is -2.25. The van der Waals surface area contributed by atoms with Gasteiger partial charge in [0.2, 0.25) is 0 Å². The van der Waals surface area contributed by atoms with Gasteiger partial charge in [0.15, 0.2) is 5.78 Å². The van der Waals surface area contributed by atoms with Crippen LogP contribution in [0.1, 0.15) is 26.3 Å². The summed E-state index contributed by atoms with van der Waals surface area (Å²) in [4.78, 5) is 35.8. The van der Waals surface area contributed by atoms with Crippen LogP contribution in [0.2, 0.25) is 20.4 Å². The monoisotopic (exact) mass is 485 g/mol. The highest BCUT2D eigenvalue weighted by Gasteiger charge is 2.13. The van der Waals surface area contributed by atoms with Gasteiger partial charge in [0.05, 0.1) is 22.7 Å². The van der Waals surface area contributed by atoms with Crippen molar-refractivity contribution >= 4 is 58.1 Å². The van der Waals surface area contributed by atoms with Crippen LogP contribution < -0.4 is 0 Å². The molecule has 6 nitrogen and oxygen atoms in total. The average molecular weight is 487 g/mol. The Morgan fingerprint density at radius 1 is 0.833 bits per heavy atom. The number of benzene rings is 1. The number of aromatic nitrogens is 2. The number of hydroxylamine groups is 2. The van der Waals surface area contributed by atoms with Crippen LogP contribution in [0.15, 0.2) is 54.9 Å². The van der Waals surface area contributed by atoms with E-state index in [1.807, 2.05) is 6.07 Å². The molecular weight excluding hydrogens is 472 g/mol. The minimum Gasteiger partial charge on any atom is -0.289 e. The molecule has 1 aromatic carbocycles. The molecule has 156 valence electrons. The molecule has 0 spiro atoms. The number of hydrogen-bond donors (Lipinski definition) is 0. The lowest BCUT2D eigenvalue weighted by molar-refractivity contribution is -0.0757. The van der Waals surface area contributed by atoms with Gasteiger partial charge in [0, 0.05) is 30.6 Å². The van der Waals surface area contributed by atoms with Crippen molar-refractivity contribution in [1.29, 1.82) is 0 Å². The van der Waals surface area contributed by atoms with E-state index in [0.29, 0.717) is 16.7 Å². The molecule has 2 heterocycles. The first kappa shape index (κ1) is 24.1. The number of ketones is 1. The van der Waals surface area contributed by atoms with Gasteiger partial charge >= 0.3 is 0 Å². The topological polar surface area (TPSA) is 72.4 Å². The van der Waals surface area contributed by atoms with Crippen LogP contribution in [0.5, 0.6) is 0 Å². The predicted molar refractivity (Wildman–Crippen MR) is 117 cm³/mol. The summed E-state index contributed by atoms with van der Waals surface area (Å²) in [6, 6.07) is 11.9. The summed E-state index contributed by atoms with van der Waals surface area (Å²) in [6.45, 7) is 0. The molecule has 0 fully saturated rings. The van der Waals surface area contributed by atoms with Crippen molar-refractivity contribution in [2.24, 2.45) is 0 Å². The second-order valence-electron chi connectivity index (χ2n) is 5.67. The summed E-state index contributed by atoms with van der Waals surface area (Å²) in [6.07, 6.45) is 2.76. The molecule has 0 radical (unpaired) electrons. The molecule has 0 aliphatic rings. The van der Waals surface area contributed by atoms with Crippen molar-refractivity contribution in [3.8, 4) is 0 Å². The summed E-state index contributed by atoms with van der Waals surface area (Å²) in [5, 5.41) is 1.96. The van der Waals surface area contributed by atoms with Crippen LogP contribution >= 0.6 is 46.4 Å². The number of carbonyl (C=O) groups is 2. The van der Waals surface area contributed by atoms with E-state index in [2.05, 4.69) is 9.97 Å². The van der Waals surface area contributed by atoms with Gasteiger partial charge in [-0.25, -0.2) is 15.0 Å². The molecule has 30 heavy (non-hydrogen) atoms. The molecule has 1 amide bonds. The highest BCUT2D eigenvalue weighted by atomic mass is 35.5. The molecule has 0 atom stereocenters. The maximum Gasteiger partial charge on any atom is 0.278 e. The lowest BCUT2D eigenvalue weighted by Gasteiger charge is -2.13. The van der Waals surface area contributed by atoms with Crippen LogP contribution in [0.4, 0.5) is 0 Å². The third-order valence-electron chi connectivity index (χ3n) is 3.70. The fourth-order valence-electron chi connectivity index (χ4n) is 2.10. The van der Waals surface area contributed by atoms with E-state index in [-0.39, 0.29) is 32.0 Å². The Balaban J connectivity index is 0.000000216. The molecule has 0 saturated heterocycles. The highest BCUT2D eigenvalue weighted by Crippen LogP contribution is 2.21. The number of pyridine rings is 2. The molecule has 0 saturated carbocycles. The molecule has 2 aromatic heterocycles. The summed E-state index contributed by atoms with van der Waals surface area (Å²) in [5.41, 5.74) is 1.35. The third-order valence-corrected chi connectivity index (χ3v) is 5.07. The number of nitrogens with zero attached hydrogens (tertiary/aromatic N) is 3. The molecule has 3 rings (SSSR count). The maximum absolute atomic E-state index is 12.0. The van der Waals surface area contributed by atoms with Crippen LogP contribution in [0.25, 0.3) is 0 Å². The summed E-state index contributed by atoms with van der Waals surface area (Å²) >= 11 is 22.8. The minimum atomic E-state index is -0.335. The largest absolute Gasteiger partial charge is 0.289 e. The van der Waals surface area contributed by atoms with E-state index in [4.69, 9.17) is 51.2 Å². The minimum absolute atomic E-state index is 0.119. The first-order chi connectivity index (χ1) is 14.2. The van der Waals surface area contributed by atoms with Crippen molar-refractivity contribution in [1.82, 2.24) is 15.0 Å². The molecule has 0 unspecified atom stereocenters. The van der Waals surface area contributed by atoms with Crippen molar-refractivity contribution < 1.29 is 14.4 Å². The number of amides is 1. The van der Waals surface area contributed by atoms with Gasteiger partial charge in [0.1, 0.15) is 10.3 Å². The normalized spacial score (nSPS) is 10.1. The molecule has 3 aromatic rings. The molecule has 0 N–H and O–H groups in total. The van der Waals surface area contributed by atoms with E-state index in [1.54, 1.807) is 24.3 Å². The molecule has 10 heteroatoms. The first-order valence-corrected chi connectivity index (χ1v) is 9.79. The Hall–Kier alpha value is -2.22. The van der Waals surface area contributed by atoms with Crippen LogP contribution in [-0.4, -0.2) is 40.9 Å². The molecule has 0 aliphatic heterocycles. The molecule has 0 bridgehead atoms.